The quantitative estimate of drug-likeness (QED) is 0.250. The summed E-state index contributed by atoms with van der Waals surface area (Å²) in [6.45, 7) is 1.67. The molecule has 5 N–H and O–H groups in total. The molecule has 6 aliphatic rings. The third-order valence-corrected chi connectivity index (χ3v) is 9.10. The number of allylic oxidation sites excluding steroid dienone is 3. The van der Waals surface area contributed by atoms with Crippen molar-refractivity contribution in [1.82, 2.24) is 0 Å². The molecule has 2 bridgehead atoms. The second-order valence-electron chi connectivity index (χ2n) is 11.3. The van der Waals surface area contributed by atoms with Crippen molar-refractivity contribution in [1.29, 1.82) is 0 Å². The van der Waals surface area contributed by atoms with Crippen molar-refractivity contribution < 1.29 is 54.2 Å². The molecule has 42 heavy (non-hydrogen) atoms. The van der Waals surface area contributed by atoms with Crippen LogP contribution in [0.5, 0.6) is 17.2 Å². The van der Waals surface area contributed by atoms with Crippen LogP contribution in [0.15, 0.2) is 41.5 Å². The highest BCUT2D eigenvalue weighted by atomic mass is 16.6. The van der Waals surface area contributed by atoms with Crippen LogP contribution in [0.4, 0.5) is 0 Å². The highest BCUT2D eigenvalue weighted by Gasteiger charge is 2.62. The lowest BCUT2D eigenvalue weighted by Gasteiger charge is -2.43. The molecule has 0 radical (unpaired) electrons. The molecule has 214 valence electrons. The van der Waals surface area contributed by atoms with Gasteiger partial charge in [0.1, 0.15) is 40.4 Å². The topological polar surface area (TPSA) is 188 Å². The molecule has 0 unspecified atom stereocenters. The van der Waals surface area contributed by atoms with E-state index < -0.39 is 69.2 Å². The van der Waals surface area contributed by atoms with Gasteiger partial charge in [-0.05, 0) is 49.1 Å². The molecule has 0 aromatic heterocycles. The summed E-state index contributed by atoms with van der Waals surface area (Å²) in [5.41, 5.74) is -4.61. The Hall–Kier alpha value is -4.90. The van der Waals surface area contributed by atoms with E-state index in [-0.39, 0.29) is 64.2 Å². The van der Waals surface area contributed by atoms with Gasteiger partial charge in [0.25, 0.3) is 5.60 Å². The molecule has 1 spiro atoms. The number of Topliss-reactive ketones (excluding diaryl/α,β-unsaturated/α-hetero) is 3. The van der Waals surface area contributed by atoms with E-state index in [1.807, 2.05) is 0 Å². The fraction of sp³-hybridized carbons (Fsp3) is 0.290. The number of aliphatic hydroxyl groups excluding tert-OH is 3. The van der Waals surface area contributed by atoms with Crippen molar-refractivity contribution in [3.05, 3.63) is 74.9 Å². The maximum Gasteiger partial charge on any atom is 0.358 e. The van der Waals surface area contributed by atoms with Crippen LogP contribution < -0.4 is 4.74 Å². The number of ketones is 3. The molecule has 8 rings (SSSR count). The molecule has 1 saturated carbocycles. The minimum Gasteiger partial charge on any atom is -0.507 e. The molecule has 0 amide bonds. The smallest absolute Gasteiger partial charge is 0.358 e. The van der Waals surface area contributed by atoms with Gasteiger partial charge < -0.3 is 35.0 Å². The van der Waals surface area contributed by atoms with Gasteiger partial charge in [-0.15, -0.1) is 0 Å². The molecule has 2 aromatic carbocycles. The highest BCUT2D eigenvalue weighted by molar-refractivity contribution is 6.23. The van der Waals surface area contributed by atoms with E-state index in [2.05, 4.69) is 0 Å². The number of fused-ring (bicyclic) bond motifs is 3. The van der Waals surface area contributed by atoms with Crippen molar-refractivity contribution in [3.8, 4) is 17.2 Å². The molecule has 1 heterocycles. The highest BCUT2D eigenvalue weighted by Crippen LogP contribution is 2.59. The lowest BCUT2D eigenvalue weighted by molar-refractivity contribution is -0.169. The summed E-state index contributed by atoms with van der Waals surface area (Å²) in [6, 6.07) is 4.22. The van der Waals surface area contributed by atoms with Crippen molar-refractivity contribution in [3.63, 3.8) is 0 Å². The fourth-order valence-corrected chi connectivity index (χ4v) is 7.28. The maximum absolute atomic E-state index is 14.1. The van der Waals surface area contributed by atoms with E-state index in [4.69, 9.17) is 9.47 Å². The first-order valence-corrected chi connectivity index (χ1v) is 13.3. The van der Waals surface area contributed by atoms with Crippen LogP contribution in [0.1, 0.15) is 56.9 Å². The molecular formula is C31H24O11. The van der Waals surface area contributed by atoms with Crippen LogP contribution in [-0.4, -0.2) is 67.7 Å². The molecule has 2 aromatic rings. The Balaban J connectivity index is 1.50. The summed E-state index contributed by atoms with van der Waals surface area (Å²) in [5.74, 6) is -6.91. The average Bonchev–Trinajstić information content (AvgIpc) is 3.16. The number of phenolic OH excluding ortho intramolecular Hbond substituents is 2. The van der Waals surface area contributed by atoms with Gasteiger partial charge in [0.15, 0.2) is 17.3 Å². The number of aryl methyl sites for hydroxylation is 1. The number of rotatable bonds is 1. The lowest BCUT2D eigenvalue weighted by atomic mass is 9.62. The monoisotopic (exact) mass is 572 g/mol. The van der Waals surface area contributed by atoms with Gasteiger partial charge in [0.05, 0.1) is 35.2 Å². The average molecular weight is 573 g/mol. The maximum atomic E-state index is 14.1. The molecule has 1 fully saturated rings. The van der Waals surface area contributed by atoms with Crippen molar-refractivity contribution in [2.45, 2.75) is 43.8 Å². The predicted octanol–water partition coefficient (Wildman–Crippen LogP) is 2.63. The van der Waals surface area contributed by atoms with E-state index in [9.17, 15) is 44.7 Å². The normalized spacial score (nSPS) is 28.8. The summed E-state index contributed by atoms with van der Waals surface area (Å²) in [7, 11) is 1.03. The zero-order valence-electron chi connectivity index (χ0n) is 22.3. The number of carbonyl (C=O) groups is 4. The number of methoxy groups -OCH3 is 1. The van der Waals surface area contributed by atoms with Gasteiger partial charge in [-0.1, -0.05) is 12.2 Å². The zero-order valence-corrected chi connectivity index (χ0v) is 22.3. The summed E-state index contributed by atoms with van der Waals surface area (Å²) >= 11 is 0. The second kappa shape index (κ2) is 8.10. The Kier molecular flexibility index (Phi) is 5.02. The number of carbonyl (C=O) groups excluding carboxylic acids is 4. The second-order valence-corrected chi connectivity index (χ2v) is 11.3. The zero-order chi connectivity index (χ0) is 30.0. The van der Waals surface area contributed by atoms with Crippen LogP contribution in [0, 0.1) is 12.3 Å². The Labute approximate surface area is 237 Å². The first-order valence-electron chi connectivity index (χ1n) is 13.3. The van der Waals surface area contributed by atoms with Crippen LogP contribution in [0.25, 0.3) is 11.5 Å². The third kappa shape index (κ3) is 2.83. The molecule has 11 nitrogen and oxygen atoms in total. The number of aromatic hydroxyl groups is 2. The molecule has 11 heteroatoms. The summed E-state index contributed by atoms with van der Waals surface area (Å²) in [4.78, 5) is 54.1. The summed E-state index contributed by atoms with van der Waals surface area (Å²) < 4.78 is 10.9. The fourth-order valence-electron chi connectivity index (χ4n) is 7.28. The van der Waals surface area contributed by atoms with Gasteiger partial charge in [0, 0.05) is 17.5 Å². The minimum atomic E-state index is -2.41. The molecule has 5 aliphatic carbocycles. The lowest BCUT2D eigenvalue weighted by Crippen LogP contribution is -2.61. The van der Waals surface area contributed by atoms with E-state index in [0.29, 0.717) is 5.56 Å². The van der Waals surface area contributed by atoms with E-state index in [0.717, 1.165) is 7.11 Å². The number of hydrogen-bond donors (Lipinski definition) is 5. The van der Waals surface area contributed by atoms with Gasteiger partial charge in [-0.25, -0.2) is 4.79 Å². The number of aliphatic hydroxyl groups is 3. The largest absolute Gasteiger partial charge is 0.507 e. The molecule has 1 aliphatic heterocycles. The number of esters is 1. The van der Waals surface area contributed by atoms with Crippen molar-refractivity contribution in [2.75, 3.05) is 7.11 Å². The molecule has 0 saturated heterocycles. The van der Waals surface area contributed by atoms with E-state index >= 15 is 0 Å². The van der Waals surface area contributed by atoms with Gasteiger partial charge in [0.2, 0.25) is 0 Å². The first-order chi connectivity index (χ1) is 19.9. The number of hydrogen-bond acceptors (Lipinski definition) is 11. The predicted molar refractivity (Wildman–Crippen MR) is 143 cm³/mol. The Bertz CT molecular complexity index is 1830. The summed E-state index contributed by atoms with van der Waals surface area (Å²) in [5, 5.41) is 55.8. The van der Waals surface area contributed by atoms with Crippen molar-refractivity contribution >= 4 is 34.8 Å². The van der Waals surface area contributed by atoms with E-state index in [1.165, 1.54) is 30.4 Å². The standard InChI is InChI=1S/C31H24O11/c1-11-7-14-20(16(33)8-11)26(37)23-24(35)13-5-6-30(23,28(14)39)10-12-9-17-21(25(36)19(12)13)27(38)22-15(32)3-4-18(34)31(22,42-17)29(40)41-2/h5-9,13,18,33-34,36-38H,3-4,10H2,1-2H3/t13-,18-,30-,31-/m1/s1. The SMILES string of the molecule is COC(=O)[C@]12Oc3cc4c(c(O)c3C(O)=C1C(=O)CC[C@H]2O)[C@H]1C=C[C@]2(C4)C(=O)c3cc(C)cc(O)c3C(O)=C2C1=O. The Morgan fingerprint density at radius 2 is 1.74 bits per heavy atom. The Morgan fingerprint density at radius 3 is 2.45 bits per heavy atom. The Morgan fingerprint density at radius 1 is 1.02 bits per heavy atom. The molecule has 4 atom stereocenters. The number of benzene rings is 2. The van der Waals surface area contributed by atoms with Gasteiger partial charge in [-0.3, -0.25) is 14.4 Å². The minimum absolute atomic E-state index is 0.0176. The van der Waals surface area contributed by atoms with E-state index in [1.54, 1.807) is 6.92 Å². The van der Waals surface area contributed by atoms with Crippen LogP contribution in [0.3, 0.4) is 0 Å². The third-order valence-electron chi connectivity index (χ3n) is 9.10. The summed E-state index contributed by atoms with van der Waals surface area (Å²) in [6.07, 6.45) is 0.757. The first kappa shape index (κ1) is 26.0. The molecular weight excluding hydrogens is 548 g/mol. The van der Waals surface area contributed by atoms with Crippen LogP contribution in [0.2, 0.25) is 0 Å². The van der Waals surface area contributed by atoms with Crippen LogP contribution >= 0.6 is 0 Å². The number of ether oxygens (including phenoxy) is 2. The number of phenols is 2. The van der Waals surface area contributed by atoms with Crippen LogP contribution in [-0.2, 0) is 25.5 Å². The van der Waals surface area contributed by atoms with Gasteiger partial charge >= 0.3 is 5.97 Å². The van der Waals surface area contributed by atoms with Gasteiger partial charge in [-0.2, -0.15) is 0 Å². The van der Waals surface area contributed by atoms with Crippen molar-refractivity contribution in [2.24, 2.45) is 5.41 Å².